The quantitative estimate of drug-likeness (QED) is 0.704. The van der Waals surface area contributed by atoms with Gasteiger partial charge in [-0.05, 0) is 31.6 Å². The molecule has 1 aliphatic carbocycles. The van der Waals surface area contributed by atoms with Crippen LogP contribution in [0.2, 0.25) is 0 Å². The van der Waals surface area contributed by atoms with Crippen molar-refractivity contribution in [1.82, 2.24) is 10.6 Å². The fourth-order valence-electron chi connectivity index (χ4n) is 2.42. The summed E-state index contributed by atoms with van der Waals surface area (Å²) in [6.45, 7) is 5.39. The number of hydrogen-bond donors (Lipinski definition) is 2. The van der Waals surface area contributed by atoms with Crippen LogP contribution in [-0.4, -0.2) is 24.5 Å². The summed E-state index contributed by atoms with van der Waals surface area (Å²) < 4.78 is 0. The number of carbonyl (C=O) groups is 1. The maximum Gasteiger partial charge on any atom is 0.220 e. The Kier molecular flexibility index (Phi) is 2.77. The van der Waals surface area contributed by atoms with Crippen molar-refractivity contribution in [3.8, 4) is 0 Å². The average Bonchev–Trinajstić information content (AvgIpc) is 2.87. The molecule has 1 saturated heterocycles. The van der Waals surface area contributed by atoms with Crippen LogP contribution in [0.3, 0.4) is 0 Å². The monoisotopic (exact) mass is 196 g/mol. The van der Waals surface area contributed by atoms with Gasteiger partial charge in [-0.25, -0.2) is 0 Å². The zero-order valence-corrected chi connectivity index (χ0v) is 9.05. The molecule has 0 spiro atoms. The fraction of sp³-hybridized carbons (Fsp3) is 0.909. The Bertz CT molecular complexity index is 219. The first-order valence-electron chi connectivity index (χ1n) is 5.69. The van der Waals surface area contributed by atoms with Crippen molar-refractivity contribution >= 4 is 5.91 Å². The maximum atomic E-state index is 11.0. The van der Waals surface area contributed by atoms with Crippen LogP contribution in [-0.2, 0) is 4.79 Å². The molecule has 0 radical (unpaired) electrons. The second-order valence-corrected chi connectivity index (χ2v) is 4.87. The Balaban J connectivity index is 1.72. The molecule has 4 unspecified atom stereocenters. The van der Waals surface area contributed by atoms with Gasteiger partial charge in [0.25, 0.3) is 0 Å². The van der Waals surface area contributed by atoms with E-state index in [9.17, 15) is 4.79 Å². The molecule has 3 heteroatoms. The molecular weight excluding hydrogens is 176 g/mol. The normalized spacial score (nSPS) is 39.0. The third-order valence-corrected chi connectivity index (χ3v) is 3.58. The van der Waals surface area contributed by atoms with E-state index in [-0.39, 0.29) is 5.91 Å². The number of piperidine rings is 1. The van der Waals surface area contributed by atoms with Crippen LogP contribution < -0.4 is 10.6 Å². The first-order valence-corrected chi connectivity index (χ1v) is 5.69. The van der Waals surface area contributed by atoms with Gasteiger partial charge >= 0.3 is 0 Å². The highest BCUT2D eigenvalue weighted by Crippen LogP contribution is 2.40. The third kappa shape index (κ3) is 2.27. The van der Waals surface area contributed by atoms with Crippen molar-refractivity contribution < 1.29 is 4.79 Å². The van der Waals surface area contributed by atoms with Crippen molar-refractivity contribution in [2.75, 3.05) is 6.54 Å². The van der Waals surface area contributed by atoms with Gasteiger partial charge in [-0.15, -0.1) is 0 Å². The number of hydrogen-bond acceptors (Lipinski definition) is 2. The molecule has 0 aromatic rings. The topological polar surface area (TPSA) is 41.1 Å². The smallest absolute Gasteiger partial charge is 0.220 e. The van der Waals surface area contributed by atoms with Gasteiger partial charge < -0.3 is 10.6 Å². The van der Waals surface area contributed by atoms with E-state index in [1.807, 2.05) is 0 Å². The Morgan fingerprint density at radius 2 is 2.29 bits per heavy atom. The Morgan fingerprint density at radius 1 is 1.57 bits per heavy atom. The summed E-state index contributed by atoms with van der Waals surface area (Å²) in [6.07, 6.45) is 3.05. The second kappa shape index (κ2) is 3.89. The molecule has 1 amide bonds. The molecule has 3 nitrogen and oxygen atoms in total. The highest BCUT2D eigenvalue weighted by Gasteiger charge is 2.37. The highest BCUT2D eigenvalue weighted by molar-refractivity contribution is 5.76. The molecule has 14 heavy (non-hydrogen) atoms. The second-order valence-electron chi connectivity index (χ2n) is 4.87. The highest BCUT2D eigenvalue weighted by atomic mass is 16.1. The van der Waals surface area contributed by atoms with Crippen LogP contribution in [0.1, 0.15) is 33.1 Å². The predicted molar refractivity (Wildman–Crippen MR) is 55.9 cm³/mol. The van der Waals surface area contributed by atoms with E-state index in [0.717, 1.165) is 24.8 Å². The SMILES string of the molecule is CC1CC1C(C)NC1CCC(=O)NC1. The van der Waals surface area contributed by atoms with Crippen molar-refractivity contribution in [2.45, 2.75) is 45.2 Å². The largest absolute Gasteiger partial charge is 0.355 e. The molecule has 1 saturated carbocycles. The predicted octanol–water partition coefficient (Wildman–Crippen LogP) is 0.899. The fourth-order valence-corrected chi connectivity index (χ4v) is 2.42. The molecule has 0 bridgehead atoms. The number of carbonyl (C=O) groups excluding carboxylic acids is 1. The van der Waals surface area contributed by atoms with Crippen LogP contribution in [0.25, 0.3) is 0 Å². The van der Waals surface area contributed by atoms with Crippen LogP contribution in [0, 0.1) is 11.8 Å². The summed E-state index contributed by atoms with van der Waals surface area (Å²) in [5.41, 5.74) is 0. The van der Waals surface area contributed by atoms with E-state index in [0.29, 0.717) is 18.5 Å². The summed E-state index contributed by atoms with van der Waals surface area (Å²) in [4.78, 5) is 11.0. The Hall–Kier alpha value is -0.570. The summed E-state index contributed by atoms with van der Waals surface area (Å²) in [6, 6.07) is 1.11. The molecule has 2 N–H and O–H groups in total. The standard InChI is InChI=1S/C11H20N2O/c1-7-5-10(7)8(2)13-9-3-4-11(14)12-6-9/h7-10,13H,3-6H2,1-2H3,(H,12,14). The zero-order chi connectivity index (χ0) is 10.1. The minimum absolute atomic E-state index is 0.204. The van der Waals surface area contributed by atoms with Crippen LogP contribution in [0.5, 0.6) is 0 Å². The lowest BCUT2D eigenvalue weighted by molar-refractivity contribution is -0.122. The van der Waals surface area contributed by atoms with Gasteiger partial charge in [0.15, 0.2) is 0 Å². The van der Waals surface area contributed by atoms with Crippen molar-refractivity contribution in [3.05, 3.63) is 0 Å². The molecule has 0 aromatic heterocycles. The molecule has 2 aliphatic rings. The molecule has 1 heterocycles. The van der Waals surface area contributed by atoms with Crippen LogP contribution in [0.15, 0.2) is 0 Å². The van der Waals surface area contributed by atoms with E-state index in [1.54, 1.807) is 0 Å². The molecule has 2 rings (SSSR count). The number of rotatable bonds is 3. The third-order valence-electron chi connectivity index (χ3n) is 3.58. The molecule has 0 aromatic carbocycles. The Labute approximate surface area is 85.6 Å². The Morgan fingerprint density at radius 3 is 2.79 bits per heavy atom. The van der Waals surface area contributed by atoms with Crippen molar-refractivity contribution in [2.24, 2.45) is 11.8 Å². The first kappa shape index (κ1) is 9.97. The lowest BCUT2D eigenvalue weighted by Gasteiger charge is -2.27. The molecular formula is C11H20N2O. The van der Waals surface area contributed by atoms with E-state index in [4.69, 9.17) is 0 Å². The molecule has 1 aliphatic heterocycles. The average molecular weight is 196 g/mol. The molecule has 4 atom stereocenters. The van der Waals surface area contributed by atoms with Crippen molar-refractivity contribution in [3.63, 3.8) is 0 Å². The minimum atomic E-state index is 0.204. The van der Waals surface area contributed by atoms with Crippen LogP contribution in [0.4, 0.5) is 0 Å². The van der Waals surface area contributed by atoms with E-state index >= 15 is 0 Å². The van der Waals surface area contributed by atoms with Gasteiger partial charge in [-0.1, -0.05) is 6.92 Å². The van der Waals surface area contributed by atoms with Gasteiger partial charge in [-0.2, -0.15) is 0 Å². The van der Waals surface area contributed by atoms with E-state index in [1.165, 1.54) is 6.42 Å². The maximum absolute atomic E-state index is 11.0. The zero-order valence-electron chi connectivity index (χ0n) is 9.05. The number of amides is 1. The first-order chi connectivity index (χ1) is 6.66. The van der Waals surface area contributed by atoms with Gasteiger partial charge in [-0.3, -0.25) is 4.79 Å². The molecule has 80 valence electrons. The lowest BCUT2D eigenvalue weighted by Crippen LogP contribution is -2.49. The molecule has 2 fully saturated rings. The van der Waals surface area contributed by atoms with Gasteiger partial charge in [0.05, 0.1) is 0 Å². The van der Waals surface area contributed by atoms with Gasteiger partial charge in [0.2, 0.25) is 5.91 Å². The van der Waals surface area contributed by atoms with Crippen molar-refractivity contribution in [1.29, 1.82) is 0 Å². The van der Waals surface area contributed by atoms with Gasteiger partial charge in [0, 0.05) is 25.0 Å². The van der Waals surface area contributed by atoms with E-state index < -0.39 is 0 Å². The van der Waals surface area contributed by atoms with E-state index in [2.05, 4.69) is 24.5 Å². The summed E-state index contributed by atoms with van der Waals surface area (Å²) >= 11 is 0. The summed E-state index contributed by atoms with van der Waals surface area (Å²) in [7, 11) is 0. The van der Waals surface area contributed by atoms with Crippen LogP contribution >= 0.6 is 0 Å². The van der Waals surface area contributed by atoms with Gasteiger partial charge in [0.1, 0.15) is 0 Å². The number of nitrogens with one attached hydrogen (secondary N) is 2. The lowest BCUT2D eigenvalue weighted by atomic mass is 10.0. The minimum Gasteiger partial charge on any atom is -0.355 e. The summed E-state index contributed by atoms with van der Waals surface area (Å²) in [5, 5.41) is 6.52. The summed E-state index contributed by atoms with van der Waals surface area (Å²) in [5.74, 6) is 1.97.